The number of fused-ring (bicyclic) bond motifs is 1. The Kier molecular flexibility index (Phi) is 6.50. The third-order valence-electron chi connectivity index (χ3n) is 5.58. The van der Waals surface area contributed by atoms with E-state index in [0.717, 1.165) is 11.3 Å². The summed E-state index contributed by atoms with van der Waals surface area (Å²) < 4.78 is 44.5. The SMILES string of the molecule is O=C(CN1CCN(c2nc(=O)c3cc(C(F)(F)F)cc([N+](=O)[O-])c3s2)CC1)N1CCOCC1. The molecule has 0 aliphatic carbocycles. The topological polar surface area (TPSA) is 109 Å². The van der Waals surface area contributed by atoms with Crippen molar-refractivity contribution in [3.8, 4) is 0 Å². The minimum atomic E-state index is -4.83. The quantitative estimate of drug-likeness (QED) is 0.472. The van der Waals surface area contributed by atoms with Gasteiger partial charge in [-0.05, 0) is 6.07 Å². The third kappa shape index (κ3) is 5.07. The summed E-state index contributed by atoms with van der Waals surface area (Å²) in [6.07, 6.45) is -4.83. The van der Waals surface area contributed by atoms with Crippen molar-refractivity contribution < 1.29 is 27.6 Å². The van der Waals surface area contributed by atoms with Crippen LogP contribution in [0.25, 0.3) is 10.1 Å². The van der Waals surface area contributed by atoms with Gasteiger partial charge in [-0.25, -0.2) is 0 Å². The molecule has 0 bridgehead atoms. The molecule has 0 unspecified atom stereocenters. The van der Waals surface area contributed by atoms with Crippen LogP contribution in [0.2, 0.25) is 0 Å². The van der Waals surface area contributed by atoms with E-state index in [4.69, 9.17) is 4.74 Å². The highest BCUT2D eigenvalue weighted by Gasteiger charge is 2.34. The van der Waals surface area contributed by atoms with Gasteiger partial charge in [-0.3, -0.25) is 24.6 Å². The summed E-state index contributed by atoms with van der Waals surface area (Å²) in [5, 5.41) is 11.2. The lowest BCUT2D eigenvalue weighted by Gasteiger charge is -2.36. The molecule has 33 heavy (non-hydrogen) atoms. The molecular formula is C19H20F3N5O5S. The van der Waals surface area contributed by atoms with E-state index < -0.39 is 33.3 Å². The van der Waals surface area contributed by atoms with Gasteiger partial charge in [-0.15, -0.1) is 0 Å². The van der Waals surface area contributed by atoms with Crippen molar-refractivity contribution >= 4 is 38.1 Å². The number of aromatic nitrogens is 1. The maximum Gasteiger partial charge on any atom is 0.416 e. The molecule has 0 N–H and O–H groups in total. The molecule has 2 aromatic rings. The summed E-state index contributed by atoms with van der Waals surface area (Å²) in [5.74, 6) is 0.0105. The molecule has 0 radical (unpaired) electrons. The Balaban J connectivity index is 1.52. The van der Waals surface area contributed by atoms with Crippen molar-refractivity contribution in [3.63, 3.8) is 0 Å². The molecule has 178 valence electrons. The number of nitro benzene ring substituents is 1. The Morgan fingerprint density at radius 1 is 1.15 bits per heavy atom. The van der Waals surface area contributed by atoms with E-state index in [1.807, 2.05) is 4.90 Å². The zero-order valence-electron chi connectivity index (χ0n) is 17.3. The van der Waals surface area contributed by atoms with Crippen molar-refractivity contribution in [3.05, 3.63) is 38.2 Å². The monoisotopic (exact) mass is 487 g/mol. The summed E-state index contributed by atoms with van der Waals surface area (Å²) in [6.45, 7) is 4.24. The van der Waals surface area contributed by atoms with Crippen molar-refractivity contribution in [2.75, 3.05) is 63.9 Å². The number of anilines is 1. The van der Waals surface area contributed by atoms with Crippen LogP contribution in [0, 0.1) is 10.1 Å². The molecule has 0 atom stereocenters. The highest BCUT2D eigenvalue weighted by molar-refractivity contribution is 7.22. The minimum Gasteiger partial charge on any atom is -0.378 e. The van der Waals surface area contributed by atoms with Gasteiger partial charge < -0.3 is 14.5 Å². The highest BCUT2D eigenvalue weighted by atomic mass is 32.1. The first-order valence-electron chi connectivity index (χ1n) is 10.2. The van der Waals surface area contributed by atoms with Crippen LogP contribution in [0.15, 0.2) is 16.9 Å². The number of nitrogens with zero attached hydrogens (tertiary/aromatic N) is 5. The van der Waals surface area contributed by atoms with E-state index in [2.05, 4.69) is 4.98 Å². The number of amides is 1. The van der Waals surface area contributed by atoms with Gasteiger partial charge in [-0.1, -0.05) is 11.3 Å². The molecule has 10 nitrogen and oxygen atoms in total. The summed E-state index contributed by atoms with van der Waals surface area (Å²) in [4.78, 5) is 44.8. The van der Waals surface area contributed by atoms with Gasteiger partial charge in [0, 0.05) is 45.3 Å². The summed E-state index contributed by atoms with van der Waals surface area (Å²) >= 11 is 0.818. The fraction of sp³-hybridized carbons (Fsp3) is 0.526. The number of hydrogen-bond donors (Lipinski definition) is 0. The molecule has 4 rings (SSSR count). The second-order valence-electron chi connectivity index (χ2n) is 7.68. The first kappa shape index (κ1) is 23.3. The number of alkyl halides is 3. The molecule has 0 spiro atoms. The molecule has 14 heteroatoms. The van der Waals surface area contributed by atoms with Crippen molar-refractivity contribution in [2.45, 2.75) is 6.18 Å². The lowest BCUT2D eigenvalue weighted by Crippen LogP contribution is -2.51. The van der Waals surface area contributed by atoms with Gasteiger partial charge in [-0.2, -0.15) is 18.2 Å². The Bertz CT molecular complexity index is 1130. The second-order valence-corrected chi connectivity index (χ2v) is 8.66. The van der Waals surface area contributed by atoms with Crippen LogP contribution in [0.5, 0.6) is 0 Å². The second kappa shape index (κ2) is 9.19. The summed E-state index contributed by atoms with van der Waals surface area (Å²) in [7, 11) is 0. The number of ether oxygens (including phenoxy) is 1. The molecule has 2 saturated heterocycles. The summed E-state index contributed by atoms with van der Waals surface area (Å²) in [5.41, 5.74) is -2.99. The number of carbonyl (C=O) groups is 1. The molecule has 0 saturated carbocycles. The average Bonchev–Trinajstić information content (AvgIpc) is 2.78. The number of benzene rings is 1. The Hall–Kier alpha value is -2.84. The van der Waals surface area contributed by atoms with E-state index in [1.165, 1.54) is 0 Å². The maximum absolute atomic E-state index is 13.1. The van der Waals surface area contributed by atoms with Gasteiger partial charge >= 0.3 is 6.18 Å². The van der Waals surface area contributed by atoms with Crippen LogP contribution in [0.4, 0.5) is 24.0 Å². The Morgan fingerprint density at radius 2 is 1.82 bits per heavy atom. The van der Waals surface area contributed by atoms with Gasteiger partial charge in [0.05, 0.1) is 35.6 Å². The number of morpholine rings is 1. The van der Waals surface area contributed by atoms with Crippen LogP contribution in [0.3, 0.4) is 0 Å². The number of piperazine rings is 1. The molecule has 1 aromatic carbocycles. The highest BCUT2D eigenvalue weighted by Crippen LogP contribution is 2.38. The van der Waals surface area contributed by atoms with Crippen LogP contribution in [-0.2, 0) is 15.7 Å². The smallest absolute Gasteiger partial charge is 0.378 e. The predicted molar refractivity (Wildman–Crippen MR) is 114 cm³/mol. The number of rotatable bonds is 4. The molecule has 2 aliphatic heterocycles. The van der Waals surface area contributed by atoms with Gasteiger partial charge in [0.25, 0.3) is 11.2 Å². The van der Waals surface area contributed by atoms with E-state index in [1.54, 1.807) is 9.80 Å². The normalized spacial score (nSPS) is 18.0. The predicted octanol–water partition coefficient (Wildman–Crippen LogP) is 1.56. The van der Waals surface area contributed by atoms with E-state index in [-0.39, 0.29) is 22.3 Å². The first-order valence-corrected chi connectivity index (χ1v) is 11.0. The lowest BCUT2D eigenvalue weighted by molar-refractivity contribution is -0.383. The van der Waals surface area contributed by atoms with Crippen LogP contribution >= 0.6 is 11.3 Å². The molecule has 1 aromatic heterocycles. The molecule has 2 fully saturated rings. The fourth-order valence-electron chi connectivity index (χ4n) is 3.78. The van der Waals surface area contributed by atoms with Gasteiger partial charge in [0.1, 0.15) is 4.70 Å². The van der Waals surface area contributed by atoms with E-state index >= 15 is 0 Å². The van der Waals surface area contributed by atoms with Crippen LogP contribution < -0.4 is 10.5 Å². The molecule has 3 heterocycles. The number of halogens is 3. The largest absolute Gasteiger partial charge is 0.416 e. The molecular weight excluding hydrogens is 467 g/mol. The number of carbonyl (C=O) groups excluding carboxylic acids is 1. The van der Waals surface area contributed by atoms with Crippen molar-refractivity contribution in [1.29, 1.82) is 0 Å². The zero-order chi connectivity index (χ0) is 23.8. The third-order valence-corrected chi connectivity index (χ3v) is 6.74. The standard InChI is InChI=1S/C19H20F3N5O5S/c20-19(21,22)12-9-13-16(14(10-12)27(30)31)33-18(23-17(13)29)26-3-1-24(2-4-26)11-15(28)25-5-7-32-8-6-25/h9-10H,1-8,11H2. The summed E-state index contributed by atoms with van der Waals surface area (Å²) in [6, 6.07) is 1.05. The van der Waals surface area contributed by atoms with Crippen LogP contribution in [-0.4, -0.2) is 84.6 Å². The molecule has 2 aliphatic rings. The average molecular weight is 487 g/mol. The zero-order valence-corrected chi connectivity index (χ0v) is 18.2. The lowest BCUT2D eigenvalue weighted by atomic mass is 10.1. The fourth-order valence-corrected chi connectivity index (χ4v) is 4.89. The van der Waals surface area contributed by atoms with Crippen LogP contribution in [0.1, 0.15) is 5.56 Å². The maximum atomic E-state index is 13.1. The van der Waals surface area contributed by atoms with Gasteiger partial charge in [0.15, 0.2) is 5.13 Å². The number of hydrogen-bond acceptors (Lipinski definition) is 9. The van der Waals surface area contributed by atoms with Gasteiger partial charge in [0.2, 0.25) is 5.91 Å². The van der Waals surface area contributed by atoms with E-state index in [0.29, 0.717) is 64.6 Å². The Morgan fingerprint density at radius 3 is 2.42 bits per heavy atom. The van der Waals surface area contributed by atoms with E-state index in [9.17, 15) is 32.9 Å². The van der Waals surface area contributed by atoms with Crippen molar-refractivity contribution in [2.24, 2.45) is 0 Å². The first-order chi connectivity index (χ1) is 15.6. The molecule has 1 amide bonds. The minimum absolute atomic E-state index is 0.0105. The van der Waals surface area contributed by atoms with Crippen molar-refractivity contribution in [1.82, 2.24) is 14.8 Å². The number of non-ortho nitro benzene ring substituents is 1. The number of nitro groups is 1. The Labute approximate surface area is 189 Å².